The van der Waals surface area contributed by atoms with Crippen molar-refractivity contribution in [2.24, 2.45) is 0 Å². The molecule has 3 heteroatoms. The van der Waals surface area contributed by atoms with Gasteiger partial charge in [0.1, 0.15) is 0 Å². The van der Waals surface area contributed by atoms with Crippen LogP contribution in [0.5, 0.6) is 0 Å². The minimum absolute atomic E-state index is 0.0666. The van der Waals surface area contributed by atoms with Crippen LogP contribution in [-0.2, 0) is 4.79 Å². The Labute approximate surface area is 118 Å². The number of aryl methyl sites for hydroxylation is 2. The highest BCUT2D eigenvalue weighted by molar-refractivity contribution is 6.31. The van der Waals surface area contributed by atoms with Crippen molar-refractivity contribution in [3.8, 4) is 0 Å². The van der Waals surface area contributed by atoms with Gasteiger partial charge in [-0.3, -0.25) is 4.79 Å². The topological polar surface area (TPSA) is 41.1 Å². The van der Waals surface area contributed by atoms with Gasteiger partial charge in [-0.2, -0.15) is 0 Å². The highest BCUT2D eigenvalue weighted by Crippen LogP contribution is 2.31. The average Bonchev–Trinajstić information content (AvgIpc) is 2.71. The van der Waals surface area contributed by atoms with Crippen LogP contribution in [0.1, 0.15) is 16.7 Å². The molecule has 1 amide bonds. The molecule has 0 saturated carbocycles. The molecule has 0 radical (unpaired) electrons. The average molecular weight is 264 g/mol. The van der Waals surface area contributed by atoms with Crippen LogP contribution in [0.2, 0.25) is 0 Å². The molecule has 2 aromatic carbocycles. The fourth-order valence-corrected chi connectivity index (χ4v) is 2.50. The fraction of sp³-hybridized carbons (Fsp3) is 0.118. The van der Waals surface area contributed by atoms with Gasteiger partial charge in [-0.25, -0.2) is 0 Å². The summed E-state index contributed by atoms with van der Waals surface area (Å²) >= 11 is 0. The monoisotopic (exact) mass is 264 g/mol. The third kappa shape index (κ3) is 2.30. The third-order valence-electron chi connectivity index (χ3n) is 3.31. The van der Waals surface area contributed by atoms with E-state index in [1.807, 2.05) is 24.3 Å². The zero-order valence-corrected chi connectivity index (χ0v) is 11.5. The van der Waals surface area contributed by atoms with Gasteiger partial charge in [-0.1, -0.05) is 24.3 Å². The Balaban J connectivity index is 1.91. The van der Waals surface area contributed by atoms with E-state index in [2.05, 4.69) is 42.7 Å². The van der Waals surface area contributed by atoms with Gasteiger partial charge in [-0.05, 0) is 43.2 Å². The molecule has 3 nitrogen and oxygen atoms in total. The normalized spacial score (nSPS) is 15.1. The molecule has 2 aromatic rings. The molecule has 20 heavy (non-hydrogen) atoms. The molecule has 0 atom stereocenters. The number of hydrogen-bond donors (Lipinski definition) is 2. The summed E-state index contributed by atoms with van der Waals surface area (Å²) in [5.41, 5.74) is 5.86. The molecule has 0 aliphatic carbocycles. The number of anilines is 2. The maximum atomic E-state index is 12.0. The van der Waals surface area contributed by atoms with Crippen LogP contribution >= 0.6 is 0 Å². The molecule has 1 aliphatic heterocycles. The van der Waals surface area contributed by atoms with Gasteiger partial charge >= 0.3 is 0 Å². The van der Waals surface area contributed by atoms with Crippen molar-refractivity contribution in [1.29, 1.82) is 0 Å². The molecule has 0 saturated heterocycles. The van der Waals surface area contributed by atoms with E-state index in [-0.39, 0.29) is 5.91 Å². The van der Waals surface area contributed by atoms with Crippen LogP contribution in [0, 0.1) is 13.8 Å². The van der Waals surface area contributed by atoms with Crippen molar-refractivity contribution < 1.29 is 4.79 Å². The standard InChI is InChI=1S/C17H16N2O/c1-11-7-12(2)9-13(8-11)18-10-15-14-5-3-4-6-16(14)19-17(15)20/h3-10,18H,1-2H3,(H,19,20)/b15-10-. The maximum Gasteiger partial charge on any atom is 0.257 e. The van der Waals surface area contributed by atoms with Crippen LogP contribution in [-0.4, -0.2) is 5.91 Å². The van der Waals surface area contributed by atoms with E-state index >= 15 is 0 Å². The Morgan fingerprint density at radius 3 is 2.50 bits per heavy atom. The van der Waals surface area contributed by atoms with Crippen molar-refractivity contribution in [3.63, 3.8) is 0 Å². The molecule has 3 rings (SSSR count). The van der Waals surface area contributed by atoms with E-state index in [1.165, 1.54) is 11.1 Å². The maximum absolute atomic E-state index is 12.0. The summed E-state index contributed by atoms with van der Waals surface area (Å²) in [5.74, 6) is -0.0666. The molecule has 0 fully saturated rings. The molecule has 2 N–H and O–H groups in total. The lowest BCUT2D eigenvalue weighted by molar-refractivity contribution is -0.110. The minimum Gasteiger partial charge on any atom is -0.361 e. The molecular weight excluding hydrogens is 248 g/mol. The van der Waals surface area contributed by atoms with E-state index in [4.69, 9.17) is 0 Å². The zero-order valence-electron chi connectivity index (χ0n) is 11.5. The third-order valence-corrected chi connectivity index (χ3v) is 3.31. The van der Waals surface area contributed by atoms with Crippen molar-refractivity contribution in [2.45, 2.75) is 13.8 Å². The first-order chi connectivity index (χ1) is 9.63. The van der Waals surface area contributed by atoms with Crippen molar-refractivity contribution in [1.82, 2.24) is 0 Å². The number of carbonyl (C=O) groups is 1. The van der Waals surface area contributed by atoms with E-state index in [0.717, 1.165) is 16.9 Å². The summed E-state index contributed by atoms with van der Waals surface area (Å²) in [6, 6.07) is 13.9. The largest absolute Gasteiger partial charge is 0.361 e. The number of fused-ring (bicyclic) bond motifs is 1. The molecule has 1 aliphatic rings. The summed E-state index contributed by atoms with van der Waals surface area (Å²) in [6.07, 6.45) is 1.77. The van der Waals surface area contributed by atoms with Gasteiger partial charge in [0, 0.05) is 23.1 Å². The summed E-state index contributed by atoms with van der Waals surface area (Å²) in [5, 5.41) is 6.08. The number of rotatable bonds is 2. The number of hydrogen-bond acceptors (Lipinski definition) is 2. The quantitative estimate of drug-likeness (QED) is 0.812. The van der Waals surface area contributed by atoms with E-state index < -0.39 is 0 Å². The second-order valence-corrected chi connectivity index (χ2v) is 5.08. The lowest BCUT2D eigenvalue weighted by atomic mass is 10.1. The van der Waals surface area contributed by atoms with Gasteiger partial charge in [0.15, 0.2) is 0 Å². The minimum atomic E-state index is -0.0666. The van der Waals surface area contributed by atoms with Gasteiger partial charge in [-0.15, -0.1) is 0 Å². The zero-order chi connectivity index (χ0) is 14.1. The molecule has 0 spiro atoms. The Morgan fingerprint density at radius 1 is 1.05 bits per heavy atom. The van der Waals surface area contributed by atoms with Crippen LogP contribution in [0.4, 0.5) is 11.4 Å². The Hall–Kier alpha value is -2.55. The summed E-state index contributed by atoms with van der Waals surface area (Å²) in [4.78, 5) is 12.0. The first-order valence-electron chi connectivity index (χ1n) is 6.59. The van der Waals surface area contributed by atoms with Crippen molar-refractivity contribution in [3.05, 3.63) is 65.4 Å². The van der Waals surface area contributed by atoms with Crippen LogP contribution in [0.3, 0.4) is 0 Å². The first kappa shape index (κ1) is 12.5. The number of nitrogens with one attached hydrogen (secondary N) is 2. The predicted molar refractivity (Wildman–Crippen MR) is 82.6 cm³/mol. The SMILES string of the molecule is Cc1cc(C)cc(N/C=C2\C(=O)Nc3ccccc32)c1. The Morgan fingerprint density at radius 2 is 1.75 bits per heavy atom. The molecule has 1 heterocycles. The molecule has 0 aromatic heterocycles. The van der Waals surface area contributed by atoms with Crippen molar-refractivity contribution >= 4 is 22.9 Å². The molecule has 0 unspecified atom stereocenters. The summed E-state index contributed by atoms with van der Waals surface area (Å²) in [6.45, 7) is 4.12. The molecular formula is C17H16N2O. The lowest BCUT2D eigenvalue weighted by Crippen LogP contribution is -2.05. The molecule has 100 valence electrons. The number of carbonyl (C=O) groups excluding carboxylic acids is 1. The second kappa shape index (κ2) is 4.85. The van der Waals surface area contributed by atoms with Crippen molar-refractivity contribution in [2.75, 3.05) is 10.6 Å². The van der Waals surface area contributed by atoms with Gasteiger partial charge in [0.25, 0.3) is 5.91 Å². The van der Waals surface area contributed by atoms with Crippen LogP contribution < -0.4 is 10.6 Å². The van der Waals surface area contributed by atoms with Gasteiger partial charge < -0.3 is 10.6 Å². The predicted octanol–water partition coefficient (Wildman–Crippen LogP) is 3.71. The Bertz CT molecular complexity index is 696. The van der Waals surface area contributed by atoms with Crippen LogP contribution in [0.25, 0.3) is 5.57 Å². The number of amides is 1. The lowest BCUT2D eigenvalue weighted by Gasteiger charge is -2.05. The van der Waals surface area contributed by atoms with E-state index in [1.54, 1.807) is 6.20 Å². The highest BCUT2D eigenvalue weighted by Gasteiger charge is 2.23. The van der Waals surface area contributed by atoms with Gasteiger partial charge in [0.2, 0.25) is 0 Å². The second-order valence-electron chi connectivity index (χ2n) is 5.08. The fourth-order valence-electron chi connectivity index (χ4n) is 2.50. The van der Waals surface area contributed by atoms with Crippen LogP contribution in [0.15, 0.2) is 48.7 Å². The van der Waals surface area contributed by atoms with E-state index in [9.17, 15) is 4.79 Å². The van der Waals surface area contributed by atoms with E-state index in [0.29, 0.717) is 5.57 Å². The highest BCUT2D eigenvalue weighted by atomic mass is 16.2. The smallest absolute Gasteiger partial charge is 0.257 e. The Kier molecular flexibility index (Phi) is 3.03. The summed E-state index contributed by atoms with van der Waals surface area (Å²) in [7, 11) is 0. The number of benzene rings is 2. The summed E-state index contributed by atoms with van der Waals surface area (Å²) < 4.78 is 0. The number of para-hydroxylation sites is 1. The van der Waals surface area contributed by atoms with Gasteiger partial charge in [0.05, 0.1) is 5.57 Å². The first-order valence-corrected chi connectivity index (χ1v) is 6.59. The molecule has 0 bridgehead atoms.